The van der Waals surface area contributed by atoms with E-state index in [0.717, 1.165) is 36.9 Å². The molecule has 0 saturated carbocycles. The molecule has 1 fully saturated rings. The molecule has 3 N–H and O–H groups in total. The number of carboxylic acids is 1. The number of hydrogen-bond donors (Lipinski definition) is 3. The number of hydrogen-bond acceptors (Lipinski definition) is 9. The molecule has 4 rings (SSSR count). The normalized spacial score (nSPS) is 25.0. The van der Waals surface area contributed by atoms with E-state index < -0.39 is 17.4 Å². The highest BCUT2D eigenvalue weighted by atomic mass is 32.1. The number of aliphatic carboxylic acids is 1. The van der Waals surface area contributed by atoms with Crippen LogP contribution in [-0.4, -0.2) is 61.6 Å². The summed E-state index contributed by atoms with van der Waals surface area (Å²) in [6, 6.07) is 0. The van der Waals surface area contributed by atoms with Crippen LogP contribution in [0.3, 0.4) is 0 Å². The third-order valence-electron chi connectivity index (χ3n) is 5.44. The Hall–Kier alpha value is -2.72. The highest BCUT2D eigenvalue weighted by molar-refractivity contribution is 7.09. The number of dihydropyridines is 1. The number of nitrogens with one attached hydrogen (secondary N) is 1. The Bertz CT molecular complexity index is 916. The molecule has 1 atom stereocenters. The van der Waals surface area contributed by atoms with Gasteiger partial charge in [-0.1, -0.05) is 0 Å². The van der Waals surface area contributed by atoms with Crippen molar-refractivity contribution in [1.82, 2.24) is 19.6 Å². The number of Topliss-reactive ketones (excluding diaryl/α,β-unsaturated/α-hetero) is 1. The number of fused-ring (bicyclic) bond motifs is 1. The average molecular weight is 403 g/mol. The first kappa shape index (κ1) is 18.6. The van der Waals surface area contributed by atoms with E-state index in [1.165, 1.54) is 12.5 Å². The molecule has 1 unspecified atom stereocenters. The molecular weight excluding hydrogens is 382 g/mol. The van der Waals surface area contributed by atoms with E-state index in [4.69, 9.17) is 5.11 Å². The number of aliphatic hydroxyl groups is 1. The van der Waals surface area contributed by atoms with Gasteiger partial charge in [0.25, 0.3) is 0 Å². The Morgan fingerprint density at radius 3 is 2.82 bits per heavy atom. The monoisotopic (exact) mass is 403 g/mol. The molecule has 0 bridgehead atoms. The lowest BCUT2D eigenvalue weighted by molar-refractivity contribution is -0.134. The quantitative estimate of drug-likeness (QED) is 0.610. The zero-order valence-electron chi connectivity index (χ0n) is 15.5. The first-order valence-electron chi connectivity index (χ1n) is 8.98. The molecule has 28 heavy (non-hydrogen) atoms. The fraction of sp³-hybridized carbons (Fsp3) is 0.444. The Morgan fingerprint density at radius 2 is 2.21 bits per heavy atom. The van der Waals surface area contributed by atoms with Crippen molar-refractivity contribution in [1.29, 1.82) is 0 Å². The molecule has 1 aromatic heterocycles. The number of aromatic nitrogens is 2. The molecule has 148 valence electrons. The summed E-state index contributed by atoms with van der Waals surface area (Å²) in [5, 5.41) is 22.5. The maximum Gasteiger partial charge on any atom is 0.341 e. The smallest absolute Gasteiger partial charge is 0.341 e. The third kappa shape index (κ3) is 2.80. The van der Waals surface area contributed by atoms with Crippen LogP contribution in [0.25, 0.3) is 0 Å². The van der Waals surface area contributed by atoms with Gasteiger partial charge in [0.15, 0.2) is 0 Å². The van der Waals surface area contributed by atoms with E-state index >= 15 is 0 Å². The van der Waals surface area contributed by atoms with Crippen molar-refractivity contribution in [3.05, 3.63) is 41.1 Å². The first-order valence-corrected chi connectivity index (χ1v) is 9.75. The van der Waals surface area contributed by atoms with E-state index in [1.807, 2.05) is 19.9 Å². The summed E-state index contributed by atoms with van der Waals surface area (Å²) < 4.78 is 4.02. The second kappa shape index (κ2) is 6.71. The van der Waals surface area contributed by atoms with Gasteiger partial charge in [0.05, 0.1) is 0 Å². The molecule has 1 saturated heterocycles. The minimum absolute atomic E-state index is 0.174. The van der Waals surface area contributed by atoms with Crippen LogP contribution in [0.2, 0.25) is 0 Å². The van der Waals surface area contributed by atoms with Gasteiger partial charge < -0.3 is 20.4 Å². The van der Waals surface area contributed by atoms with Gasteiger partial charge >= 0.3 is 5.97 Å². The molecule has 9 nitrogen and oxygen atoms in total. The Kier molecular flexibility index (Phi) is 4.47. The zero-order valence-corrected chi connectivity index (χ0v) is 16.4. The van der Waals surface area contributed by atoms with E-state index in [2.05, 4.69) is 19.6 Å². The van der Waals surface area contributed by atoms with Gasteiger partial charge in [0, 0.05) is 43.0 Å². The number of aliphatic hydroxyl groups excluding tert-OH is 1. The van der Waals surface area contributed by atoms with Crippen LogP contribution in [0, 0.1) is 5.92 Å². The molecular formula is C18H21N5O4S. The van der Waals surface area contributed by atoms with Crippen molar-refractivity contribution in [2.24, 2.45) is 5.92 Å². The molecule has 1 aromatic rings. The summed E-state index contributed by atoms with van der Waals surface area (Å²) in [6.45, 7) is 5.48. The lowest BCUT2D eigenvalue weighted by Gasteiger charge is -2.51. The topological polar surface area (TPSA) is 119 Å². The second-order valence-corrected chi connectivity index (χ2v) is 8.10. The van der Waals surface area contributed by atoms with Crippen molar-refractivity contribution in [2.45, 2.75) is 25.9 Å². The van der Waals surface area contributed by atoms with Gasteiger partial charge in [-0.3, -0.25) is 9.69 Å². The van der Waals surface area contributed by atoms with Crippen molar-refractivity contribution < 1.29 is 19.8 Å². The third-order valence-corrected chi connectivity index (χ3v) is 6.10. The fourth-order valence-corrected chi connectivity index (χ4v) is 4.62. The summed E-state index contributed by atoms with van der Waals surface area (Å²) in [7, 11) is 0. The standard InChI is InChI=1S/C18H21N5O4S/c1-10-5-13(22-6-11(7-22)3-4-24)21-18(2)14(10)15(25)12(16(26)27)8-23(18)17-19-9-20-28-17/h5,8-9,11,21,24H,3-4,6-7H2,1-2H3,(H,26,27). The minimum atomic E-state index is -1.27. The lowest BCUT2D eigenvalue weighted by Crippen LogP contribution is -2.64. The first-order chi connectivity index (χ1) is 13.3. The zero-order chi connectivity index (χ0) is 20.1. The molecule has 3 aliphatic rings. The summed E-state index contributed by atoms with van der Waals surface area (Å²) in [5.41, 5.74) is -0.175. The van der Waals surface area contributed by atoms with Crippen LogP contribution in [0.1, 0.15) is 20.3 Å². The number of rotatable bonds is 5. The van der Waals surface area contributed by atoms with Crippen molar-refractivity contribution in [3.63, 3.8) is 0 Å². The van der Waals surface area contributed by atoms with Gasteiger partial charge in [-0.15, -0.1) is 0 Å². The summed E-state index contributed by atoms with van der Waals surface area (Å²) in [4.78, 5) is 32.7. The molecule has 3 aliphatic heterocycles. The number of ketones is 1. The summed E-state index contributed by atoms with van der Waals surface area (Å²) in [5.74, 6) is -0.464. The van der Waals surface area contributed by atoms with E-state index in [1.54, 1.807) is 4.90 Å². The van der Waals surface area contributed by atoms with E-state index in [0.29, 0.717) is 22.2 Å². The molecule has 0 spiro atoms. The SMILES string of the molecule is CC1=C2C(=O)C(C(=O)O)=CN(c3ncns3)C2(C)NC(N2CC(CCO)C2)=C1. The number of anilines is 1. The van der Waals surface area contributed by atoms with Crippen LogP contribution in [0.4, 0.5) is 5.13 Å². The number of nitrogens with zero attached hydrogens (tertiary/aromatic N) is 4. The van der Waals surface area contributed by atoms with Crippen molar-refractivity contribution >= 4 is 28.4 Å². The molecule has 0 aromatic carbocycles. The molecule has 0 amide bonds. The Morgan fingerprint density at radius 1 is 1.46 bits per heavy atom. The predicted octanol–water partition coefficient (Wildman–Crippen LogP) is 0.687. The van der Waals surface area contributed by atoms with Crippen LogP contribution in [0.5, 0.6) is 0 Å². The lowest BCUT2D eigenvalue weighted by atomic mass is 9.82. The highest BCUT2D eigenvalue weighted by Gasteiger charge is 2.49. The number of allylic oxidation sites excluding steroid dienone is 2. The van der Waals surface area contributed by atoms with Gasteiger partial charge in [0.2, 0.25) is 10.9 Å². The maximum absolute atomic E-state index is 13.0. The molecule has 4 heterocycles. The number of carboxylic acid groups (broad SMARTS) is 1. The van der Waals surface area contributed by atoms with E-state index in [9.17, 15) is 14.7 Å². The van der Waals surface area contributed by atoms with Crippen LogP contribution < -0.4 is 10.2 Å². The fourth-order valence-electron chi connectivity index (χ4n) is 4.02. The molecule has 0 radical (unpaired) electrons. The predicted molar refractivity (Wildman–Crippen MR) is 102 cm³/mol. The van der Waals surface area contributed by atoms with Gasteiger partial charge in [-0.05, 0) is 37.8 Å². The van der Waals surface area contributed by atoms with Crippen LogP contribution >= 0.6 is 11.5 Å². The van der Waals surface area contributed by atoms with Gasteiger partial charge in [-0.2, -0.15) is 4.37 Å². The average Bonchev–Trinajstić information content (AvgIpc) is 3.10. The summed E-state index contributed by atoms with van der Waals surface area (Å²) >= 11 is 1.13. The van der Waals surface area contributed by atoms with Gasteiger partial charge in [0.1, 0.15) is 23.4 Å². The second-order valence-electron chi connectivity index (χ2n) is 7.34. The Balaban J connectivity index is 1.75. The largest absolute Gasteiger partial charge is 0.477 e. The van der Waals surface area contributed by atoms with Crippen LogP contribution in [-0.2, 0) is 9.59 Å². The molecule has 10 heteroatoms. The van der Waals surface area contributed by atoms with Crippen molar-refractivity contribution in [3.8, 4) is 0 Å². The Labute approximate surface area is 165 Å². The summed E-state index contributed by atoms with van der Waals surface area (Å²) in [6.07, 6.45) is 5.38. The molecule has 0 aliphatic carbocycles. The van der Waals surface area contributed by atoms with Crippen LogP contribution in [0.15, 0.2) is 41.1 Å². The minimum Gasteiger partial charge on any atom is -0.477 e. The van der Waals surface area contributed by atoms with E-state index in [-0.39, 0.29) is 12.2 Å². The number of carbonyl (C=O) groups is 2. The number of carbonyl (C=O) groups excluding carboxylic acids is 1. The number of likely N-dealkylation sites (tertiary alicyclic amines) is 1. The maximum atomic E-state index is 13.0. The van der Waals surface area contributed by atoms with Crippen molar-refractivity contribution in [2.75, 3.05) is 24.6 Å². The highest BCUT2D eigenvalue weighted by Crippen LogP contribution is 2.41. The van der Waals surface area contributed by atoms with Gasteiger partial charge in [-0.25, -0.2) is 9.78 Å².